The van der Waals surface area contributed by atoms with Crippen LogP contribution in [0.5, 0.6) is 0 Å². The van der Waals surface area contributed by atoms with Crippen LogP contribution in [0.25, 0.3) is 0 Å². The highest BCUT2D eigenvalue weighted by Crippen LogP contribution is 2.22. The van der Waals surface area contributed by atoms with E-state index in [0.29, 0.717) is 6.42 Å². The van der Waals surface area contributed by atoms with Gasteiger partial charge >= 0.3 is 0 Å². The third-order valence-electron chi connectivity index (χ3n) is 3.25. The summed E-state index contributed by atoms with van der Waals surface area (Å²) >= 11 is 1.52. The predicted molar refractivity (Wildman–Crippen MR) is 71.7 cm³/mol. The number of hydrogen-bond acceptors (Lipinski definition) is 3. The Morgan fingerprint density at radius 1 is 1.53 bits per heavy atom. The van der Waals surface area contributed by atoms with Crippen LogP contribution in [-0.2, 0) is 0 Å². The first-order chi connectivity index (χ1) is 7.91. The van der Waals surface area contributed by atoms with Crippen LogP contribution in [0.1, 0.15) is 46.8 Å². The van der Waals surface area contributed by atoms with Crippen LogP contribution in [0.4, 0.5) is 0 Å². The van der Waals surface area contributed by atoms with Crippen molar-refractivity contribution in [3.63, 3.8) is 0 Å². The Morgan fingerprint density at radius 2 is 2.18 bits per heavy atom. The summed E-state index contributed by atoms with van der Waals surface area (Å²) in [6, 6.07) is 1.92. The fourth-order valence-corrected chi connectivity index (χ4v) is 2.52. The Hall–Kier alpha value is -0.870. The molecule has 1 aromatic rings. The summed E-state index contributed by atoms with van der Waals surface area (Å²) in [7, 11) is 0. The molecule has 1 heterocycles. The largest absolute Gasteiger partial charge is 0.396 e. The molecule has 0 aliphatic heterocycles. The van der Waals surface area contributed by atoms with Crippen molar-refractivity contribution in [2.24, 2.45) is 0 Å². The van der Waals surface area contributed by atoms with Gasteiger partial charge in [0.2, 0.25) is 0 Å². The second-order valence-corrected chi connectivity index (χ2v) is 5.95. The third kappa shape index (κ3) is 3.54. The summed E-state index contributed by atoms with van der Waals surface area (Å²) < 4.78 is 0. The van der Waals surface area contributed by atoms with Crippen molar-refractivity contribution in [3.8, 4) is 0 Å². The van der Waals surface area contributed by atoms with Crippen molar-refractivity contribution < 1.29 is 9.90 Å². The molecule has 0 fully saturated rings. The molecule has 3 nitrogen and oxygen atoms in total. The molecule has 0 aliphatic carbocycles. The SMILES string of the molecule is CCC(C)(CCO)NC(=O)c1cc(C)c(C)s1. The number of amides is 1. The monoisotopic (exact) mass is 255 g/mol. The quantitative estimate of drug-likeness (QED) is 0.849. The molecule has 1 atom stereocenters. The Kier molecular flexibility index (Phi) is 4.71. The molecular formula is C13H21NO2S. The second-order valence-electron chi connectivity index (χ2n) is 4.69. The Morgan fingerprint density at radius 3 is 2.59 bits per heavy atom. The van der Waals surface area contributed by atoms with Crippen molar-refractivity contribution in [2.75, 3.05) is 6.61 Å². The van der Waals surface area contributed by atoms with Crippen molar-refractivity contribution in [1.29, 1.82) is 0 Å². The van der Waals surface area contributed by atoms with E-state index in [9.17, 15) is 4.79 Å². The smallest absolute Gasteiger partial charge is 0.261 e. The number of hydrogen-bond donors (Lipinski definition) is 2. The first kappa shape index (κ1) is 14.2. The molecule has 0 aromatic carbocycles. The van der Waals surface area contributed by atoms with Crippen LogP contribution in [0, 0.1) is 13.8 Å². The van der Waals surface area contributed by atoms with E-state index in [-0.39, 0.29) is 18.1 Å². The molecule has 0 aliphatic rings. The van der Waals surface area contributed by atoms with Gasteiger partial charge in [0.15, 0.2) is 0 Å². The molecule has 0 spiro atoms. The molecule has 96 valence electrons. The standard InChI is InChI=1S/C13H21NO2S/c1-5-13(4,6-7-15)14-12(16)11-8-9(2)10(3)17-11/h8,15H,5-7H2,1-4H3,(H,14,16). The number of aryl methyl sites for hydroxylation is 2. The van der Waals surface area contributed by atoms with Crippen molar-refractivity contribution in [1.82, 2.24) is 5.32 Å². The minimum atomic E-state index is -0.322. The first-order valence-electron chi connectivity index (χ1n) is 5.92. The highest BCUT2D eigenvalue weighted by atomic mass is 32.1. The van der Waals surface area contributed by atoms with Crippen LogP contribution in [0.3, 0.4) is 0 Å². The number of carbonyl (C=O) groups excluding carboxylic acids is 1. The van der Waals surface area contributed by atoms with Gasteiger partial charge in [0.1, 0.15) is 0 Å². The number of aliphatic hydroxyl groups excluding tert-OH is 1. The zero-order chi connectivity index (χ0) is 13.1. The number of nitrogens with one attached hydrogen (secondary N) is 1. The van der Waals surface area contributed by atoms with Crippen LogP contribution >= 0.6 is 11.3 Å². The molecule has 0 saturated heterocycles. The molecule has 0 radical (unpaired) electrons. The van der Waals surface area contributed by atoms with Crippen LogP contribution < -0.4 is 5.32 Å². The van der Waals surface area contributed by atoms with Gasteiger partial charge in [0.05, 0.1) is 4.88 Å². The lowest BCUT2D eigenvalue weighted by Crippen LogP contribution is -2.45. The summed E-state index contributed by atoms with van der Waals surface area (Å²) in [5.74, 6) is -0.0380. The fraction of sp³-hybridized carbons (Fsp3) is 0.615. The molecule has 17 heavy (non-hydrogen) atoms. The molecule has 1 rings (SSSR count). The van der Waals surface area contributed by atoms with E-state index in [0.717, 1.165) is 16.9 Å². The van der Waals surface area contributed by atoms with Gasteiger partial charge in [-0.15, -0.1) is 11.3 Å². The summed E-state index contributed by atoms with van der Waals surface area (Å²) in [5, 5.41) is 12.0. The minimum Gasteiger partial charge on any atom is -0.396 e. The normalized spacial score (nSPS) is 14.4. The molecule has 1 unspecified atom stereocenters. The van der Waals surface area contributed by atoms with Gasteiger partial charge in [-0.3, -0.25) is 4.79 Å². The zero-order valence-corrected chi connectivity index (χ0v) is 11.8. The number of aliphatic hydroxyl groups is 1. The molecule has 2 N–H and O–H groups in total. The van der Waals surface area contributed by atoms with Gasteiger partial charge in [0.25, 0.3) is 5.91 Å². The maximum atomic E-state index is 12.1. The van der Waals surface area contributed by atoms with Crippen LogP contribution in [0.15, 0.2) is 6.07 Å². The van der Waals surface area contributed by atoms with Crippen molar-refractivity contribution >= 4 is 17.2 Å². The van der Waals surface area contributed by atoms with Gasteiger partial charge in [0, 0.05) is 17.0 Å². The van der Waals surface area contributed by atoms with E-state index in [1.807, 2.05) is 33.8 Å². The molecule has 0 bridgehead atoms. The first-order valence-corrected chi connectivity index (χ1v) is 6.74. The van der Waals surface area contributed by atoms with E-state index in [1.54, 1.807) is 0 Å². The van der Waals surface area contributed by atoms with Gasteiger partial charge in [-0.1, -0.05) is 6.92 Å². The van der Waals surface area contributed by atoms with Gasteiger partial charge in [-0.2, -0.15) is 0 Å². The topological polar surface area (TPSA) is 49.3 Å². The number of thiophene rings is 1. The lowest BCUT2D eigenvalue weighted by molar-refractivity contribution is 0.0890. The average Bonchev–Trinajstić information content (AvgIpc) is 2.60. The van der Waals surface area contributed by atoms with E-state index >= 15 is 0 Å². The van der Waals surface area contributed by atoms with Crippen molar-refractivity contribution in [3.05, 3.63) is 21.4 Å². The summed E-state index contributed by atoms with van der Waals surface area (Å²) in [4.78, 5) is 14.0. The maximum absolute atomic E-state index is 12.1. The molecular weight excluding hydrogens is 234 g/mol. The van der Waals surface area contributed by atoms with Crippen molar-refractivity contribution in [2.45, 2.75) is 46.1 Å². The number of rotatable bonds is 5. The number of carbonyl (C=O) groups is 1. The Labute approximate surface area is 107 Å². The Balaban J connectivity index is 2.77. The van der Waals surface area contributed by atoms with E-state index in [4.69, 9.17) is 5.11 Å². The summed E-state index contributed by atoms with van der Waals surface area (Å²) in [6.07, 6.45) is 1.39. The summed E-state index contributed by atoms with van der Waals surface area (Å²) in [6.45, 7) is 8.10. The molecule has 4 heteroatoms. The average molecular weight is 255 g/mol. The third-order valence-corrected chi connectivity index (χ3v) is 4.40. The molecule has 0 saturated carbocycles. The lowest BCUT2D eigenvalue weighted by atomic mass is 9.95. The Bertz CT molecular complexity index is 381. The lowest BCUT2D eigenvalue weighted by Gasteiger charge is -2.28. The highest BCUT2D eigenvalue weighted by molar-refractivity contribution is 7.14. The highest BCUT2D eigenvalue weighted by Gasteiger charge is 2.24. The van der Waals surface area contributed by atoms with Gasteiger partial charge in [-0.25, -0.2) is 0 Å². The molecule has 1 aromatic heterocycles. The van der Waals surface area contributed by atoms with E-state index < -0.39 is 0 Å². The minimum absolute atomic E-state index is 0.0380. The maximum Gasteiger partial charge on any atom is 0.261 e. The predicted octanol–water partition coefficient (Wildman–Crippen LogP) is 2.65. The summed E-state index contributed by atoms with van der Waals surface area (Å²) in [5.41, 5.74) is 0.831. The molecule has 1 amide bonds. The van der Waals surface area contributed by atoms with Gasteiger partial charge in [-0.05, 0) is 45.2 Å². The van der Waals surface area contributed by atoms with E-state index in [2.05, 4.69) is 5.32 Å². The van der Waals surface area contributed by atoms with E-state index in [1.165, 1.54) is 16.2 Å². The van der Waals surface area contributed by atoms with Crippen LogP contribution in [0.2, 0.25) is 0 Å². The van der Waals surface area contributed by atoms with Crippen LogP contribution in [-0.4, -0.2) is 23.2 Å². The fourth-order valence-electron chi connectivity index (χ4n) is 1.60. The second kappa shape index (κ2) is 5.65. The zero-order valence-electron chi connectivity index (χ0n) is 11.0. The van der Waals surface area contributed by atoms with Gasteiger partial charge < -0.3 is 10.4 Å².